The van der Waals surface area contributed by atoms with Crippen molar-refractivity contribution in [2.75, 3.05) is 27.4 Å². The summed E-state index contributed by atoms with van der Waals surface area (Å²) in [6, 6.07) is 5.91. The molecule has 0 aliphatic rings. The fourth-order valence-electron chi connectivity index (χ4n) is 4.07. The maximum absolute atomic E-state index is 12.6. The van der Waals surface area contributed by atoms with Gasteiger partial charge in [-0.15, -0.1) is 0 Å². The first-order chi connectivity index (χ1) is 17.6. The zero-order valence-electron chi connectivity index (χ0n) is 25.3. The van der Waals surface area contributed by atoms with Gasteiger partial charge in [-0.3, -0.25) is 0 Å². The third-order valence-electron chi connectivity index (χ3n) is 5.93. The van der Waals surface area contributed by atoms with Crippen LogP contribution in [0.5, 0.6) is 5.75 Å². The van der Waals surface area contributed by atoms with Crippen LogP contribution in [0.2, 0.25) is 0 Å². The fourth-order valence-corrected chi connectivity index (χ4v) is 4.07. The fraction of sp³-hybridized carbons (Fsp3) is 0.733. The molecule has 0 saturated heterocycles. The Bertz CT molecular complexity index is 855. The van der Waals surface area contributed by atoms with Crippen LogP contribution in [0, 0.1) is 11.8 Å². The molecule has 8 nitrogen and oxygen atoms in total. The molecule has 0 heterocycles. The summed E-state index contributed by atoms with van der Waals surface area (Å²) in [4.78, 5) is 24.8. The lowest BCUT2D eigenvalue weighted by Gasteiger charge is -2.29. The van der Waals surface area contributed by atoms with E-state index in [1.54, 1.807) is 35.0 Å². The highest BCUT2D eigenvalue weighted by atomic mass is 16.7. The number of ether oxygens (including phenoxy) is 5. The second kappa shape index (κ2) is 15.8. The van der Waals surface area contributed by atoms with Gasteiger partial charge >= 0.3 is 12.2 Å². The van der Waals surface area contributed by atoms with Crippen LogP contribution in [0.25, 0.3) is 0 Å². The molecule has 1 aromatic rings. The van der Waals surface area contributed by atoms with Crippen molar-refractivity contribution in [2.45, 2.75) is 105 Å². The lowest BCUT2D eigenvalue weighted by molar-refractivity contribution is -0.0133. The van der Waals surface area contributed by atoms with E-state index in [1.807, 2.05) is 26.8 Å². The quantitative estimate of drug-likeness (QED) is 0.208. The maximum Gasteiger partial charge on any atom is 0.508 e. The molecule has 0 radical (unpaired) electrons. The van der Waals surface area contributed by atoms with Gasteiger partial charge in [-0.1, -0.05) is 26.0 Å². The summed E-state index contributed by atoms with van der Waals surface area (Å²) >= 11 is 0. The summed E-state index contributed by atoms with van der Waals surface area (Å²) < 4.78 is 26.9. The first-order valence-electron chi connectivity index (χ1n) is 13.6. The van der Waals surface area contributed by atoms with Crippen LogP contribution in [0.4, 0.5) is 9.59 Å². The molecular weight excluding hydrogens is 486 g/mol. The van der Waals surface area contributed by atoms with Gasteiger partial charge in [-0.2, -0.15) is 0 Å². The molecule has 8 heteroatoms. The second-order valence-corrected chi connectivity index (χ2v) is 12.2. The average Bonchev–Trinajstić information content (AvgIpc) is 2.77. The van der Waals surface area contributed by atoms with Crippen molar-refractivity contribution in [1.29, 1.82) is 0 Å². The standard InChI is InChI=1S/C30H51NO7/c1-21(2)24(18-22-14-15-26(35-10)23(17-22)13-11-12-16-34-9)19-25(31-27(32)37-29(3,4)5)20-36-28(33)38-30(6,7)8/h14-15,17,21,24-25H,11-13,16,18-20H2,1-10H3,(H,31,32)/t24-,25-/m0/s1. The van der Waals surface area contributed by atoms with E-state index in [9.17, 15) is 9.59 Å². The van der Waals surface area contributed by atoms with Crippen molar-refractivity contribution < 1.29 is 33.3 Å². The molecule has 0 aromatic heterocycles. The van der Waals surface area contributed by atoms with E-state index in [4.69, 9.17) is 23.7 Å². The van der Waals surface area contributed by atoms with E-state index in [-0.39, 0.29) is 12.5 Å². The van der Waals surface area contributed by atoms with Gasteiger partial charge in [-0.05, 0) is 103 Å². The molecule has 0 fully saturated rings. The topological polar surface area (TPSA) is 92.3 Å². The Hall–Kier alpha value is -2.48. The number of benzene rings is 1. The lowest BCUT2D eigenvalue weighted by atomic mass is 9.83. The smallest absolute Gasteiger partial charge is 0.496 e. The summed E-state index contributed by atoms with van der Waals surface area (Å²) in [6.07, 6.45) is 3.04. The zero-order chi connectivity index (χ0) is 28.9. The Balaban J connectivity index is 3.02. The van der Waals surface area contributed by atoms with Crippen molar-refractivity contribution in [2.24, 2.45) is 11.8 Å². The Morgan fingerprint density at radius 3 is 2.16 bits per heavy atom. The predicted molar refractivity (Wildman–Crippen MR) is 150 cm³/mol. The van der Waals surface area contributed by atoms with Crippen LogP contribution in [0.15, 0.2) is 18.2 Å². The number of nitrogens with one attached hydrogen (secondary N) is 1. The van der Waals surface area contributed by atoms with E-state index in [1.165, 1.54) is 11.1 Å². The summed E-state index contributed by atoms with van der Waals surface area (Å²) in [7, 11) is 3.42. The largest absolute Gasteiger partial charge is 0.508 e. The van der Waals surface area contributed by atoms with Gasteiger partial charge in [0.05, 0.1) is 13.2 Å². The highest BCUT2D eigenvalue weighted by molar-refractivity contribution is 5.68. The number of methoxy groups -OCH3 is 2. The zero-order valence-corrected chi connectivity index (χ0v) is 25.3. The van der Waals surface area contributed by atoms with Crippen molar-refractivity contribution in [3.05, 3.63) is 29.3 Å². The molecule has 2 atom stereocenters. The minimum absolute atomic E-state index is 0.00919. The summed E-state index contributed by atoms with van der Waals surface area (Å²) in [5, 5.41) is 2.91. The van der Waals surface area contributed by atoms with E-state index in [0.29, 0.717) is 12.3 Å². The Morgan fingerprint density at radius 2 is 1.61 bits per heavy atom. The molecule has 1 rings (SSSR count). The van der Waals surface area contributed by atoms with E-state index >= 15 is 0 Å². The molecule has 1 aromatic carbocycles. The van der Waals surface area contributed by atoms with Crippen LogP contribution in [-0.2, 0) is 31.8 Å². The van der Waals surface area contributed by atoms with E-state index < -0.39 is 29.5 Å². The number of carbonyl (C=O) groups excluding carboxylic acids is 2. The van der Waals surface area contributed by atoms with E-state index in [2.05, 4.69) is 31.3 Å². The van der Waals surface area contributed by atoms with Crippen LogP contribution in [-0.4, -0.2) is 56.9 Å². The molecule has 0 aliphatic carbocycles. The maximum atomic E-state index is 12.6. The SMILES string of the molecule is COCCCCc1cc(C[C@@H](C[C@@H](COC(=O)OC(C)(C)C)NC(=O)OC(C)(C)C)C(C)C)ccc1OC. The van der Waals surface area contributed by atoms with Gasteiger partial charge in [-0.25, -0.2) is 9.59 Å². The third kappa shape index (κ3) is 14.5. The predicted octanol–water partition coefficient (Wildman–Crippen LogP) is 6.71. The molecule has 0 spiro atoms. The van der Waals surface area contributed by atoms with Crippen LogP contribution < -0.4 is 10.1 Å². The number of amides is 1. The molecule has 38 heavy (non-hydrogen) atoms. The van der Waals surface area contributed by atoms with Gasteiger partial charge in [0, 0.05) is 13.7 Å². The number of carbonyl (C=O) groups is 2. The van der Waals surface area contributed by atoms with Gasteiger partial charge in [0.2, 0.25) is 0 Å². The monoisotopic (exact) mass is 537 g/mol. The molecule has 218 valence electrons. The summed E-state index contributed by atoms with van der Waals surface area (Å²) in [5.41, 5.74) is 1.08. The molecule has 0 unspecified atom stereocenters. The second-order valence-electron chi connectivity index (χ2n) is 12.2. The number of hydrogen-bond acceptors (Lipinski definition) is 7. The molecule has 0 saturated carbocycles. The van der Waals surface area contributed by atoms with Crippen molar-refractivity contribution in [1.82, 2.24) is 5.32 Å². The summed E-state index contributed by atoms with van der Waals surface area (Å²) in [6.45, 7) is 15.8. The number of rotatable bonds is 14. The van der Waals surface area contributed by atoms with Crippen LogP contribution in [0.3, 0.4) is 0 Å². The Labute approximate surface area is 230 Å². The summed E-state index contributed by atoms with van der Waals surface area (Å²) in [5.74, 6) is 1.43. The van der Waals surface area contributed by atoms with Gasteiger partial charge in [0.15, 0.2) is 0 Å². The number of alkyl carbamates (subject to hydrolysis) is 1. The van der Waals surface area contributed by atoms with Crippen LogP contribution >= 0.6 is 0 Å². The molecule has 1 amide bonds. The first kappa shape index (κ1) is 33.5. The minimum atomic E-state index is -0.761. The molecule has 0 aliphatic heterocycles. The van der Waals surface area contributed by atoms with Gasteiger partial charge < -0.3 is 29.0 Å². The van der Waals surface area contributed by atoms with Crippen molar-refractivity contribution in [3.8, 4) is 5.75 Å². The normalized spacial score (nSPS) is 13.6. The number of hydrogen-bond donors (Lipinski definition) is 1. The van der Waals surface area contributed by atoms with Gasteiger partial charge in [0.25, 0.3) is 0 Å². The minimum Gasteiger partial charge on any atom is -0.496 e. The molecular formula is C30H51NO7. The third-order valence-corrected chi connectivity index (χ3v) is 5.93. The van der Waals surface area contributed by atoms with Crippen LogP contribution in [0.1, 0.15) is 85.8 Å². The average molecular weight is 538 g/mol. The lowest BCUT2D eigenvalue weighted by Crippen LogP contribution is -2.43. The first-order valence-corrected chi connectivity index (χ1v) is 13.6. The number of aryl methyl sites for hydroxylation is 1. The Kier molecular flexibility index (Phi) is 14.0. The van der Waals surface area contributed by atoms with Crippen molar-refractivity contribution in [3.63, 3.8) is 0 Å². The van der Waals surface area contributed by atoms with Crippen molar-refractivity contribution >= 4 is 12.2 Å². The number of unbranched alkanes of at least 4 members (excludes halogenated alkanes) is 1. The van der Waals surface area contributed by atoms with E-state index in [0.717, 1.165) is 38.0 Å². The van der Waals surface area contributed by atoms with Gasteiger partial charge in [0.1, 0.15) is 23.6 Å². The molecule has 0 bridgehead atoms. The Morgan fingerprint density at radius 1 is 0.947 bits per heavy atom. The highest BCUT2D eigenvalue weighted by Crippen LogP contribution is 2.27. The molecule has 1 N–H and O–H groups in total. The highest BCUT2D eigenvalue weighted by Gasteiger charge is 2.26.